The molecular formula is C14H20N2O3. The summed E-state index contributed by atoms with van der Waals surface area (Å²) in [6, 6.07) is 1.85. The van der Waals surface area contributed by atoms with E-state index >= 15 is 0 Å². The van der Waals surface area contributed by atoms with E-state index in [1.54, 1.807) is 13.1 Å². The Morgan fingerprint density at radius 3 is 2.68 bits per heavy atom. The maximum atomic E-state index is 11.4. The van der Waals surface area contributed by atoms with Gasteiger partial charge in [-0.1, -0.05) is 0 Å². The normalized spacial score (nSPS) is 23.7. The van der Waals surface area contributed by atoms with Crippen molar-refractivity contribution in [2.75, 3.05) is 6.54 Å². The van der Waals surface area contributed by atoms with Gasteiger partial charge in [-0.2, -0.15) is 0 Å². The van der Waals surface area contributed by atoms with Gasteiger partial charge in [0.15, 0.2) is 5.78 Å². The van der Waals surface area contributed by atoms with Crippen LogP contribution in [-0.4, -0.2) is 38.4 Å². The van der Waals surface area contributed by atoms with Crippen LogP contribution in [0.25, 0.3) is 0 Å². The molecule has 1 fully saturated rings. The van der Waals surface area contributed by atoms with Crippen LogP contribution in [0.3, 0.4) is 0 Å². The van der Waals surface area contributed by atoms with Crippen LogP contribution in [0.4, 0.5) is 0 Å². The Bertz CT molecular complexity index is 521. The number of carboxylic acids is 1. The van der Waals surface area contributed by atoms with Crippen molar-refractivity contribution in [2.24, 2.45) is 7.05 Å². The summed E-state index contributed by atoms with van der Waals surface area (Å²) in [7, 11) is 1.88. The Kier molecular flexibility index (Phi) is 3.49. The van der Waals surface area contributed by atoms with E-state index < -0.39 is 11.5 Å². The highest BCUT2D eigenvalue weighted by atomic mass is 16.4. The van der Waals surface area contributed by atoms with Crippen LogP contribution in [0.5, 0.6) is 0 Å². The van der Waals surface area contributed by atoms with Crippen LogP contribution in [0.1, 0.15) is 42.7 Å². The van der Waals surface area contributed by atoms with Gasteiger partial charge in [-0.15, -0.1) is 0 Å². The molecular weight excluding hydrogens is 244 g/mol. The molecule has 1 atom stereocenters. The van der Waals surface area contributed by atoms with Gasteiger partial charge in [0.25, 0.3) is 0 Å². The molecule has 1 aromatic heterocycles. The van der Waals surface area contributed by atoms with Crippen LogP contribution in [0.15, 0.2) is 12.3 Å². The van der Waals surface area contributed by atoms with E-state index in [1.165, 1.54) is 6.92 Å². The van der Waals surface area contributed by atoms with Crippen LogP contribution < -0.4 is 0 Å². The van der Waals surface area contributed by atoms with E-state index in [-0.39, 0.29) is 5.78 Å². The summed E-state index contributed by atoms with van der Waals surface area (Å²) in [6.07, 6.45) is 3.37. The molecule has 0 aromatic carbocycles. The SMILES string of the molecule is CC(=O)c1cc(CN2CCC[C@@]2(C)C(=O)O)n(C)c1. The van der Waals surface area contributed by atoms with Gasteiger partial charge in [0.05, 0.1) is 0 Å². The van der Waals surface area contributed by atoms with Gasteiger partial charge >= 0.3 is 5.97 Å². The van der Waals surface area contributed by atoms with Gasteiger partial charge in [0.1, 0.15) is 5.54 Å². The van der Waals surface area contributed by atoms with Gasteiger partial charge < -0.3 is 9.67 Å². The van der Waals surface area contributed by atoms with Crippen molar-refractivity contribution < 1.29 is 14.7 Å². The summed E-state index contributed by atoms with van der Waals surface area (Å²) < 4.78 is 1.90. The highest BCUT2D eigenvalue weighted by Crippen LogP contribution is 2.31. The van der Waals surface area contributed by atoms with Gasteiger partial charge in [0.2, 0.25) is 0 Å². The highest BCUT2D eigenvalue weighted by molar-refractivity contribution is 5.94. The van der Waals surface area contributed by atoms with Gasteiger partial charge in [-0.3, -0.25) is 14.5 Å². The standard InChI is InChI=1S/C14H20N2O3/c1-10(17)11-7-12(15(3)8-11)9-16-6-4-5-14(16,2)13(18)19/h7-8H,4-6,9H2,1-3H3,(H,18,19)/t14-/m0/s1. The third-order valence-electron chi connectivity index (χ3n) is 4.12. The van der Waals surface area contributed by atoms with Crippen molar-refractivity contribution in [1.29, 1.82) is 0 Å². The molecule has 0 amide bonds. The van der Waals surface area contributed by atoms with Crippen molar-refractivity contribution >= 4 is 11.8 Å². The molecule has 2 rings (SSSR count). The lowest BCUT2D eigenvalue weighted by molar-refractivity contribution is -0.149. The molecule has 1 aliphatic heterocycles. The number of hydrogen-bond acceptors (Lipinski definition) is 3. The van der Waals surface area contributed by atoms with Crippen molar-refractivity contribution in [3.63, 3.8) is 0 Å². The maximum Gasteiger partial charge on any atom is 0.323 e. The lowest BCUT2D eigenvalue weighted by atomic mass is 9.99. The van der Waals surface area contributed by atoms with E-state index in [1.807, 2.05) is 22.6 Å². The van der Waals surface area contributed by atoms with Crippen LogP contribution in [-0.2, 0) is 18.4 Å². The average molecular weight is 264 g/mol. The minimum absolute atomic E-state index is 0.0317. The fourth-order valence-corrected chi connectivity index (χ4v) is 2.67. The van der Waals surface area contributed by atoms with Gasteiger partial charge in [0, 0.05) is 31.0 Å². The van der Waals surface area contributed by atoms with Crippen LogP contribution >= 0.6 is 0 Å². The summed E-state index contributed by atoms with van der Waals surface area (Å²) in [5, 5.41) is 9.38. The monoisotopic (exact) mass is 264 g/mol. The molecule has 0 unspecified atom stereocenters. The Balaban J connectivity index is 2.21. The second-order valence-electron chi connectivity index (χ2n) is 5.49. The zero-order valence-corrected chi connectivity index (χ0v) is 11.6. The summed E-state index contributed by atoms with van der Waals surface area (Å²) in [5.74, 6) is -0.740. The molecule has 2 heterocycles. The zero-order valence-electron chi connectivity index (χ0n) is 11.6. The molecule has 5 heteroatoms. The second kappa shape index (κ2) is 4.81. The van der Waals surface area contributed by atoms with Crippen molar-refractivity contribution in [2.45, 2.75) is 38.8 Å². The Morgan fingerprint density at radius 1 is 1.47 bits per heavy atom. The number of carbonyl (C=O) groups is 2. The maximum absolute atomic E-state index is 11.4. The predicted octanol–water partition coefficient (Wildman–Crippen LogP) is 1.67. The van der Waals surface area contributed by atoms with Crippen molar-refractivity contribution in [3.05, 3.63) is 23.5 Å². The molecule has 0 bridgehead atoms. The van der Waals surface area contributed by atoms with Crippen molar-refractivity contribution in [3.8, 4) is 0 Å². The van der Waals surface area contributed by atoms with Gasteiger partial charge in [-0.05, 0) is 39.3 Å². The third kappa shape index (κ3) is 2.42. The molecule has 0 radical (unpaired) electrons. The molecule has 0 spiro atoms. The molecule has 1 aliphatic rings. The van der Waals surface area contributed by atoms with E-state index in [0.29, 0.717) is 18.5 Å². The molecule has 19 heavy (non-hydrogen) atoms. The third-order valence-corrected chi connectivity index (χ3v) is 4.12. The number of aryl methyl sites for hydroxylation is 1. The minimum Gasteiger partial charge on any atom is -0.480 e. The van der Waals surface area contributed by atoms with E-state index in [2.05, 4.69) is 0 Å². The number of ketones is 1. The quantitative estimate of drug-likeness (QED) is 0.840. The first kappa shape index (κ1) is 13.8. The second-order valence-corrected chi connectivity index (χ2v) is 5.49. The fourth-order valence-electron chi connectivity index (χ4n) is 2.67. The zero-order chi connectivity index (χ0) is 14.2. The fraction of sp³-hybridized carbons (Fsp3) is 0.571. The molecule has 1 saturated heterocycles. The van der Waals surface area contributed by atoms with Crippen molar-refractivity contribution in [1.82, 2.24) is 9.47 Å². The summed E-state index contributed by atoms with van der Waals surface area (Å²) in [5.41, 5.74) is 0.856. The summed E-state index contributed by atoms with van der Waals surface area (Å²) in [4.78, 5) is 24.8. The van der Waals surface area contributed by atoms with E-state index in [9.17, 15) is 14.7 Å². The number of rotatable bonds is 4. The number of carboxylic acid groups (broad SMARTS) is 1. The smallest absolute Gasteiger partial charge is 0.323 e. The lowest BCUT2D eigenvalue weighted by Crippen LogP contribution is -2.47. The lowest BCUT2D eigenvalue weighted by Gasteiger charge is -2.31. The van der Waals surface area contributed by atoms with Crippen LogP contribution in [0.2, 0.25) is 0 Å². The van der Waals surface area contributed by atoms with Gasteiger partial charge in [-0.25, -0.2) is 0 Å². The molecule has 5 nitrogen and oxygen atoms in total. The number of carbonyl (C=O) groups excluding carboxylic acids is 1. The molecule has 104 valence electrons. The number of aromatic nitrogens is 1. The number of nitrogens with zero attached hydrogens (tertiary/aromatic N) is 2. The highest BCUT2D eigenvalue weighted by Gasteiger charge is 2.43. The minimum atomic E-state index is -0.791. The molecule has 1 N–H and O–H groups in total. The first-order chi connectivity index (χ1) is 8.84. The Labute approximate surface area is 112 Å². The largest absolute Gasteiger partial charge is 0.480 e. The molecule has 1 aromatic rings. The molecule has 0 saturated carbocycles. The Morgan fingerprint density at radius 2 is 2.16 bits per heavy atom. The number of Topliss-reactive ketones (excluding diaryl/α,β-unsaturated/α-hetero) is 1. The number of hydrogen-bond donors (Lipinski definition) is 1. The summed E-state index contributed by atoms with van der Waals surface area (Å²) >= 11 is 0. The Hall–Kier alpha value is -1.62. The number of likely N-dealkylation sites (tertiary alicyclic amines) is 1. The number of aliphatic carboxylic acids is 1. The first-order valence-corrected chi connectivity index (χ1v) is 6.49. The topological polar surface area (TPSA) is 62.5 Å². The average Bonchev–Trinajstić information content (AvgIpc) is 2.86. The molecule has 0 aliphatic carbocycles. The van der Waals surface area contributed by atoms with E-state index in [4.69, 9.17) is 0 Å². The summed E-state index contributed by atoms with van der Waals surface area (Å²) in [6.45, 7) is 4.66. The predicted molar refractivity (Wildman–Crippen MR) is 71.1 cm³/mol. The van der Waals surface area contributed by atoms with E-state index in [0.717, 1.165) is 18.7 Å². The van der Waals surface area contributed by atoms with Crippen LogP contribution in [0, 0.1) is 0 Å². The first-order valence-electron chi connectivity index (χ1n) is 6.49.